The van der Waals surface area contributed by atoms with E-state index in [1.807, 2.05) is 45.6 Å². The normalized spacial score (nSPS) is 12.8. The summed E-state index contributed by atoms with van der Waals surface area (Å²) in [5.41, 5.74) is 8.98. The van der Waals surface area contributed by atoms with Crippen LogP contribution in [0.1, 0.15) is 56.7 Å². The molecule has 0 saturated carbocycles. The average Bonchev–Trinajstić information content (AvgIpc) is 3.53. The van der Waals surface area contributed by atoms with E-state index in [-0.39, 0.29) is 5.78 Å². The summed E-state index contributed by atoms with van der Waals surface area (Å²) in [6.07, 6.45) is 3.92. The van der Waals surface area contributed by atoms with Gasteiger partial charge in [0.1, 0.15) is 5.69 Å². The molecule has 0 spiro atoms. The van der Waals surface area contributed by atoms with Gasteiger partial charge >= 0.3 is 0 Å². The Bertz CT molecular complexity index is 1420. The smallest absolute Gasteiger partial charge is 0.254 e. The number of aromatic nitrogens is 6. The second-order valence-electron chi connectivity index (χ2n) is 8.64. The van der Waals surface area contributed by atoms with Crippen molar-refractivity contribution >= 4 is 17.4 Å². The van der Waals surface area contributed by atoms with Gasteiger partial charge in [0.15, 0.2) is 11.6 Å². The fraction of sp³-hybridized carbons (Fsp3) is 0.320. The van der Waals surface area contributed by atoms with Crippen LogP contribution in [0, 0.1) is 20.8 Å². The number of fused-ring (bicyclic) bond motifs is 1. The first-order valence-electron chi connectivity index (χ1n) is 11.0. The van der Waals surface area contributed by atoms with Crippen LogP contribution >= 0.6 is 0 Å². The van der Waals surface area contributed by atoms with Gasteiger partial charge in [-0.2, -0.15) is 15.2 Å². The lowest BCUT2D eigenvalue weighted by Gasteiger charge is -2.04. The van der Waals surface area contributed by atoms with Crippen LogP contribution in [0.15, 0.2) is 28.8 Å². The molecule has 3 aromatic heterocycles. The molecule has 0 amide bonds. The fourth-order valence-corrected chi connectivity index (χ4v) is 4.48. The molecule has 8 heteroatoms. The van der Waals surface area contributed by atoms with Crippen molar-refractivity contribution < 1.29 is 9.32 Å². The third-order valence-electron chi connectivity index (χ3n) is 6.38. The zero-order chi connectivity index (χ0) is 23.3. The van der Waals surface area contributed by atoms with Crippen molar-refractivity contribution in [3.63, 3.8) is 0 Å². The highest BCUT2D eigenvalue weighted by atomic mass is 16.5. The third kappa shape index (κ3) is 3.82. The van der Waals surface area contributed by atoms with Gasteiger partial charge in [-0.15, -0.1) is 0 Å². The molecular weight excluding hydrogens is 416 g/mol. The number of benzene rings is 1. The Morgan fingerprint density at radius 3 is 2.61 bits per heavy atom. The second kappa shape index (κ2) is 7.95. The van der Waals surface area contributed by atoms with E-state index in [9.17, 15) is 4.79 Å². The first kappa shape index (κ1) is 21.1. The van der Waals surface area contributed by atoms with Gasteiger partial charge in [0.05, 0.1) is 11.4 Å². The molecule has 0 atom stereocenters. The molecule has 0 unspecified atom stereocenters. The lowest BCUT2D eigenvalue weighted by Crippen LogP contribution is -2.04. The summed E-state index contributed by atoms with van der Waals surface area (Å²) >= 11 is 0. The van der Waals surface area contributed by atoms with Crippen LogP contribution in [0.4, 0.5) is 0 Å². The van der Waals surface area contributed by atoms with Crippen molar-refractivity contribution in [2.24, 2.45) is 14.1 Å². The van der Waals surface area contributed by atoms with Gasteiger partial charge in [0.25, 0.3) is 5.89 Å². The summed E-state index contributed by atoms with van der Waals surface area (Å²) in [5.74, 6) is 1.23. The van der Waals surface area contributed by atoms with Gasteiger partial charge in [0, 0.05) is 43.8 Å². The number of allylic oxidation sites excluding steroid dienone is 1. The second-order valence-corrected chi connectivity index (χ2v) is 8.64. The molecule has 0 bridgehead atoms. The van der Waals surface area contributed by atoms with Crippen LogP contribution in [0.5, 0.6) is 0 Å². The summed E-state index contributed by atoms with van der Waals surface area (Å²) in [5, 5.41) is 12.8. The van der Waals surface area contributed by atoms with E-state index >= 15 is 0 Å². The minimum atomic E-state index is 0.0367. The number of carbonyl (C=O) groups excluding carboxylic acids is 1. The Kier molecular flexibility index (Phi) is 5.08. The molecule has 0 radical (unpaired) electrons. The molecule has 8 nitrogen and oxygen atoms in total. The number of hydrogen-bond acceptors (Lipinski definition) is 6. The summed E-state index contributed by atoms with van der Waals surface area (Å²) in [6.45, 7) is 5.83. The molecule has 0 aliphatic heterocycles. The monoisotopic (exact) mass is 442 g/mol. The van der Waals surface area contributed by atoms with Crippen molar-refractivity contribution in [3.05, 3.63) is 69.8 Å². The zero-order valence-electron chi connectivity index (χ0n) is 19.5. The molecule has 0 fully saturated rings. The first-order valence-corrected chi connectivity index (χ1v) is 11.0. The van der Waals surface area contributed by atoms with E-state index in [2.05, 4.69) is 44.6 Å². The minimum absolute atomic E-state index is 0.0367. The molecule has 168 valence electrons. The summed E-state index contributed by atoms with van der Waals surface area (Å²) in [4.78, 5) is 17.2. The van der Waals surface area contributed by atoms with E-state index in [1.165, 1.54) is 5.56 Å². The van der Waals surface area contributed by atoms with Crippen LogP contribution in [-0.2, 0) is 26.9 Å². The SMILES string of the molecule is Cc1noc(C2=Cc3cc(-c4cc(C(=O)CCc5c(C)nn(C)c5C)nn4C)ccc3C2)n1. The number of ketones is 1. The van der Waals surface area contributed by atoms with Gasteiger partial charge in [-0.3, -0.25) is 14.2 Å². The van der Waals surface area contributed by atoms with Crippen LogP contribution in [-0.4, -0.2) is 35.5 Å². The third-order valence-corrected chi connectivity index (χ3v) is 6.38. The molecule has 1 aliphatic carbocycles. The average molecular weight is 443 g/mol. The predicted octanol–water partition coefficient (Wildman–Crippen LogP) is 4.04. The van der Waals surface area contributed by atoms with Gasteiger partial charge < -0.3 is 4.52 Å². The van der Waals surface area contributed by atoms with E-state index in [0.29, 0.717) is 30.3 Å². The molecular formula is C25H26N6O2. The maximum Gasteiger partial charge on any atom is 0.254 e. The fourth-order valence-electron chi connectivity index (χ4n) is 4.48. The van der Waals surface area contributed by atoms with E-state index in [1.54, 1.807) is 4.68 Å². The highest BCUT2D eigenvalue weighted by Gasteiger charge is 2.21. The van der Waals surface area contributed by atoms with Crippen molar-refractivity contribution in [1.29, 1.82) is 0 Å². The van der Waals surface area contributed by atoms with Crippen LogP contribution in [0.2, 0.25) is 0 Å². The van der Waals surface area contributed by atoms with Crippen molar-refractivity contribution in [3.8, 4) is 11.3 Å². The van der Waals surface area contributed by atoms with Gasteiger partial charge in [-0.25, -0.2) is 0 Å². The number of aryl methyl sites for hydroxylation is 4. The first-order chi connectivity index (χ1) is 15.8. The maximum atomic E-state index is 12.9. The number of Topliss-reactive ketones (excluding diaryl/α,β-unsaturated/α-hetero) is 1. The molecule has 1 aliphatic rings. The highest BCUT2D eigenvalue weighted by molar-refractivity contribution is 5.95. The minimum Gasteiger partial charge on any atom is -0.334 e. The van der Waals surface area contributed by atoms with Crippen molar-refractivity contribution in [2.75, 3.05) is 0 Å². The Hall–Kier alpha value is -3.81. The maximum absolute atomic E-state index is 12.9. The number of hydrogen-bond donors (Lipinski definition) is 0. The van der Waals surface area contributed by atoms with Gasteiger partial charge in [-0.05, 0) is 62.1 Å². The van der Waals surface area contributed by atoms with E-state index in [0.717, 1.165) is 45.8 Å². The summed E-state index contributed by atoms with van der Waals surface area (Å²) in [6, 6.07) is 8.19. The van der Waals surface area contributed by atoms with Crippen LogP contribution in [0.25, 0.3) is 22.9 Å². The molecule has 0 N–H and O–H groups in total. The number of nitrogens with zero attached hydrogens (tertiary/aromatic N) is 6. The van der Waals surface area contributed by atoms with Crippen molar-refractivity contribution in [1.82, 2.24) is 29.7 Å². The molecule has 3 heterocycles. The Balaban J connectivity index is 1.36. The summed E-state index contributed by atoms with van der Waals surface area (Å²) < 4.78 is 8.96. The molecule has 1 aromatic carbocycles. The number of rotatable bonds is 6. The topological polar surface area (TPSA) is 91.6 Å². The molecule has 33 heavy (non-hydrogen) atoms. The Morgan fingerprint density at radius 2 is 1.91 bits per heavy atom. The quantitative estimate of drug-likeness (QED) is 0.419. The highest BCUT2D eigenvalue weighted by Crippen LogP contribution is 2.34. The van der Waals surface area contributed by atoms with Crippen LogP contribution < -0.4 is 0 Å². The zero-order valence-corrected chi connectivity index (χ0v) is 19.5. The molecule has 5 rings (SSSR count). The van der Waals surface area contributed by atoms with Gasteiger partial charge in [-0.1, -0.05) is 17.3 Å². The standard InChI is InChI=1S/C25H26N6O2/c1-14-21(15(2)30(4)27-14)8-9-24(32)22-13-23(31(5)28-22)18-7-6-17-10-20(12-19(17)11-18)25-26-16(3)29-33-25/h6-7,11-13H,8-10H2,1-5H3. The van der Waals surface area contributed by atoms with Crippen molar-refractivity contribution in [2.45, 2.75) is 40.0 Å². The predicted molar refractivity (Wildman–Crippen MR) is 125 cm³/mol. The molecule has 4 aromatic rings. The molecule has 0 saturated heterocycles. The van der Waals surface area contributed by atoms with Gasteiger partial charge in [0.2, 0.25) is 0 Å². The van der Waals surface area contributed by atoms with E-state index < -0.39 is 0 Å². The lowest BCUT2D eigenvalue weighted by molar-refractivity contribution is 0.0977. The largest absolute Gasteiger partial charge is 0.334 e. The van der Waals surface area contributed by atoms with E-state index in [4.69, 9.17) is 4.52 Å². The van der Waals surface area contributed by atoms with Crippen LogP contribution in [0.3, 0.4) is 0 Å². The lowest BCUT2D eigenvalue weighted by atomic mass is 10.0. The number of carbonyl (C=O) groups is 1. The Morgan fingerprint density at radius 1 is 1.09 bits per heavy atom. The Labute approximate surface area is 191 Å². The summed E-state index contributed by atoms with van der Waals surface area (Å²) in [7, 11) is 3.80.